The summed E-state index contributed by atoms with van der Waals surface area (Å²) < 4.78 is 90.8. The van der Waals surface area contributed by atoms with Gasteiger partial charge in [-0.1, -0.05) is 12.1 Å². The van der Waals surface area contributed by atoms with Crippen molar-refractivity contribution in [3.05, 3.63) is 65.4 Å². The lowest BCUT2D eigenvalue weighted by atomic mass is 10.1. The fourth-order valence-corrected chi connectivity index (χ4v) is 3.62. The maximum atomic E-state index is 13.4. The summed E-state index contributed by atoms with van der Waals surface area (Å²) in [6, 6.07) is 5.43. The monoisotopic (exact) mass is 390 g/mol. The van der Waals surface area contributed by atoms with Gasteiger partial charge in [-0.25, -0.2) is 17.2 Å². The van der Waals surface area contributed by atoms with Crippen LogP contribution in [0.15, 0.2) is 42.6 Å². The largest absolute Gasteiger partial charge is 0.416 e. The van der Waals surface area contributed by atoms with E-state index in [1.807, 2.05) is 0 Å². The van der Waals surface area contributed by atoms with Gasteiger partial charge in [0, 0.05) is 17.6 Å². The maximum absolute atomic E-state index is 13.4. The van der Waals surface area contributed by atoms with Crippen molar-refractivity contribution in [2.24, 2.45) is 0 Å². The second-order valence-electron chi connectivity index (χ2n) is 5.57. The molecule has 3 aromatic rings. The van der Waals surface area contributed by atoms with Crippen LogP contribution in [0.25, 0.3) is 10.9 Å². The van der Waals surface area contributed by atoms with Crippen molar-refractivity contribution in [1.29, 1.82) is 0 Å². The zero-order valence-corrected chi connectivity index (χ0v) is 13.7. The number of nitrogens with one attached hydrogen (secondary N) is 2. The highest BCUT2D eigenvalue weighted by molar-refractivity contribution is 7.91. The molecule has 0 spiro atoms. The van der Waals surface area contributed by atoms with Crippen LogP contribution in [0.3, 0.4) is 0 Å². The molecule has 0 aliphatic rings. The lowest BCUT2D eigenvalue weighted by Crippen LogP contribution is -2.15. The minimum Gasteiger partial charge on any atom is -0.359 e. The molecule has 0 aliphatic heterocycles. The molecule has 0 saturated heterocycles. The molecule has 26 heavy (non-hydrogen) atoms. The Morgan fingerprint density at radius 1 is 1.00 bits per heavy atom. The first-order valence-electron chi connectivity index (χ1n) is 7.18. The van der Waals surface area contributed by atoms with Gasteiger partial charge in [0.1, 0.15) is 0 Å². The van der Waals surface area contributed by atoms with Crippen LogP contribution < -0.4 is 4.72 Å². The molecule has 0 bridgehead atoms. The number of anilines is 1. The molecule has 2 N–H and O–H groups in total. The number of hydrogen-bond donors (Lipinski definition) is 2. The Hall–Kier alpha value is -2.62. The van der Waals surface area contributed by atoms with Gasteiger partial charge in [-0.2, -0.15) is 13.2 Å². The molecule has 0 radical (unpaired) electrons. The fraction of sp³-hybridized carbons (Fsp3) is 0.125. The van der Waals surface area contributed by atoms with E-state index >= 15 is 0 Å². The average molecular weight is 390 g/mol. The van der Waals surface area contributed by atoms with Gasteiger partial charge in [0.2, 0.25) is 10.0 Å². The highest BCUT2D eigenvalue weighted by atomic mass is 32.2. The van der Waals surface area contributed by atoms with E-state index in [4.69, 9.17) is 0 Å². The van der Waals surface area contributed by atoms with Crippen LogP contribution >= 0.6 is 0 Å². The number of rotatable bonds is 4. The van der Waals surface area contributed by atoms with E-state index in [-0.39, 0.29) is 22.2 Å². The van der Waals surface area contributed by atoms with Crippen LogP contribution in [-0.4, -0.2) is 13.4 Å². The number of halogens is 5. The van der Waals surface area contributed by atoms with Crippen LogP contribution in [0.5, 0.6) is 0 Å². The molecule has 2 aromatic carbocycles. The van der Waals surface area contributed by atoms with Crippen LogP contribution in [0, 0.1) is 11.6 Å². The molecule has 1 aromatic heterocycles. The number of H-pyrrole nitrogens is 1. The molecule has 138 valence electrons. The Bertz CT molecular complexity index is 1060. The summed E-state index contributed by atoms with van der Waals surface area (Å²) in [6.45, 7) is 0. The SMILES string of the molecule is O=S(=O)(Cc1ccc(C(F)(F)F)cc1)Nc1c[nH]c2cc(F)c(F)cc12. The van der Waals surface area contributed by atoms with Gasteiger partial charge < -0.3 is 4.98 Å². The van der Waals surface area contributed by atoms with Gasteiger partial charge in [-0.05, 0) is 23.8 Å². The van der Waals surface area contributed by atoms with E-state index in [0.717, 1.165) is 36.4 Å². The molecular formula is C16H11F5N2O2S. The van der Waals surface area contributed by atoms with Gasteiger partial charge in [0.15, 0.2) is 11.6 Å². The molecule has 0 unspecified atom stereocenters. The smallest absolute Gasteiger partial charge is 0.359 e. The molecule has 4 nitrogen and oxygen atoms in total. The van der Waals surface area contributed by atoms with Gasteiger partial charge in [-0.15, -0.1) is 0 Å². The third-order valence-corrected chi connectivity index (χ3v) is 4.87. The highest BCUT2D eigenvalue weighted by Crippen LogP contribution is 2.30. The first-order valence-corrected chi connectivity index (χ1v) is 8.83. The first kappa shape index (κ1) is 18.2. The second-order valence-corrected chi connectivity index (χ2v) is 7.29. The molecule has 0 amide bonds. The van der Waals surface area contributed by atoms with Gasteiger partial charge in [0.05, 0.1) is 22.5 Å². The van der Waals surface area contributed by atoms with E-state index in [1.54, 1.807) is 0 Å². The van der Waals surface area contributed by atoms with Crippen molar-refractivity contribution in [1.82, 2.24) is 4.98 Å². The molecule has 0 saturated carbocycles. The van der Waals surface area contributed by atoms with Crippen LogP contribution in [0.4, 0.5) is 27.6 Å². The summed E-state index contributed by atoms with van der Waals surface area (Å²) in [4.78, 5) is 2.61. The Morgan fingerprint density at radius 2 is 1.62 bits per heavy atom. The van der Waals surface area contributed by atoms with Crippen LogP contribution in [-0.2, 0) is 22.0 Å². The molecule has 3 rings (SSSR count). The number of aromatic amines is 1. The standard InChI is InChI=1S/C16H11F5N2O2S/c17-12-5-11-14(6-13(12)18)22-7-15(11)23-26(24,25)8-9-1-3-10(4-2-9)16(19,20)21/h1-7,22-23H,8H2. The Labute approximate surface area is 144 Å². The zero-order valence-electron chi connectivity index (χ0n) is 12.9. The molecule has 0 aliphatic carbocycles. The van der Waals surface area contributed by atoms with Crippen molar-refractivity contribution in [3.8, 4) is 0 Å². The molecular weight excluding hydrogens is 379 g/mol. The predicted octanol–water partition coefficient (Wildman–Crippen LogP) is 4.41. The Balaban J connectivity index is 1.82. The van der Waals surface area contributed by atoms with E-state index in [0.29, 0.717) is 0 Å². The third-order valence-electron chi connectivity index (χ3n) is 3.63. The first-order chi connectivity index (χ1) is 12.0. The predicted molar refractivity (Wildman–Crippen MR) is 85.9 cm³/mol. The minimum absolute atomic E-state index is 0.00538. The Kier molecular flexibility index (Phi) is 4.39. The minimum atomic E-state index is -4.51. The van der Waals surface area contributed by atoms with Crippen molar-refractivity contribution in [3.63, 3.8) is 0 Å². The molecule has 1 heterocycles. The van der Waals surface area contributed by atoms with E-state index in [1.165, 1.54) is 6.20 Å². The number of benzene rings is 2. The third kappa shape index (κ3) is 3.79. The summed E-state index contributed by atoms with van der Waals surface area (Å²) in [7, 11) is -3.99. The van der Waals surface area contributed by atoms with E-state index < -0.39 is 39.2 Å². The Morgan fingerprint density at radius 3 is 2.23 bits per heavy atom. The number of aromatic nitrogens is 1. The van der Waals surface area contributed by atoms with Crippen molar-refractivity contribution >= 4 is 26.6 Å². The van der Waals surface area contributed by atoms with Gasteiger partial charge >= 0.3 is 6.18 Å². The summed E-state index contributed by atoms with van der Waals surface area (Å²) >= 11 is 0. The molecule has 0 fully saturated rings. The number of sulfonamides is 1. The second kappa shape index (κ2) is 6.27. The summed E-state index contributed by atoms with van der Waals surface area (Å²) in [5.74, 6) is -2.81. The van der Waals surface area contributed by atoms with Crippen molar-refractivity contribution in [2.75, 3.05) is 4.72 Å². The number of hydrogen-bond acceptors (Lipinski definition) is 2. The summed E-state index contributed by atoms with van der Waals surface area (Å²) in [5.41, 5.74) is -0.551. The summed E-state index contributed by atoms with van der Waals surface area (Å²) in [6.07, 6.45) is -3.28. The molecule has 0 atom stereocenters. The van der Waals surface area contributed by atoms with Gasteiger partial charge in [0.25, 0.3) is 0 Å². The van der Waals surface area contributed by atoms with Crippen LogP contribution in [0.1, 0.15) is 11.1 Å². The van der Waals surface area contributed by atoms with E-state index in [9.17, 15) is 30.4 Å². The van der Waals surface area contributed by atoms with E-state index in [2.05, 4.69) is 9.71 Å². The number of fused-ring (bicyclic) bond motifs is 1. The zero-order chi connectivity index (χ0) is 19.1. The maximum Gasteiger partial charge on any atom is 0.416 e. The lowest BCUT2D eigenvalue weighted by molar-refractivity contribution is -0.137. The molecule has 10 heteroatoms. The van der Waals surface area contributed by atoms with Crippen molar-refractivity contribution in [2.45, 2.75) is 11.9 Å². The topological polar surface area (TPSA) is 62.0 Å². The normalized spacial score (nSPS) is 12.5. The van der Waals surface area contributed by atoms with Gasteiger partial charge in [-0.3, -0.25) is 4.72 Å². The number of alkyl halides is 3. The quantitative estimate of drug-likeness (QED) is 0.649. The fourth-order valence-electron chi connectivity index (χ4n) is 2.41. The van der Waals surface area contributed by atoms with Crippen molar-refractivity contribution < 1.29 is 30.4 Å². The lowest BCUT2D eigenvalue weighted by Gasteiger charge is -2.09. The average Bonchev–Trinajstić information content (AvgIpc) is 2.88. The summed E-state index contributed by atoms with van der Waals surface area (Å²) in [5, 5.41) is 0.125. The van der Waals surface area contributed by atoms with Crippen LogP contribution in [0.2, 0.25) is 0 Å². The highest BCUT2D eigenvalue weighted by Gasteiger charge is 2.30.